The van der Waals surface area contributed by atoms with Gasteiger partial charge in [0.2, 0.25) is 0 Å². The number of likely N-dealkylation sites (tertiary alicyclic amines) is 1. The fourth-order valence-electron chi connectivity index (χ4n) is 2.56. The van der Waals surface area contributed by atoms with Crippen LogP contribution in [-0.2, 0) is 0 Å². The second-order valence-corrected chi connectivity index (χ2v) is 5.52. The Kier molecular flexibility index (Phi) is 5.48. The molecule has 1 saturated heterocycles. The Labute approximate surface area is 125 Å². The van der Waals surface area contributed by atoms with Gasteiger partial charge >= 0.3 is 6.03 Å². The van der Waals surface area contributed by atoms with Crippen LogP contribution in [0.4, 0.5) is 4.79 Å². The van der Waals surface area contributed by atoms with E-state index in [0.29, 0.717) is 11.1 Å². The maximum atomic E-state index is 12.2. The van der Waals surface area contributed by atoms with E-state index >= 15 is 0 Å². The average Bonchev–Trinajstić information content (AvgIpc) is 2.49. The molecule has 108 valence electrons. The molecule has 1 unspecified atom stereocenters. The number of nitrogens with one attached hydrogen (secondary N) is 1. The molecule has 1 fully saturated rings. The van der Waals surface area contributed by atoms with Crippen molar-refractivity contribution < 1.29 is 4.79 Å². The maximum Gasteiger partial charge on any atom is 0.321 e. The third-order valence-electron chi connectivity index (χ3n) is 3.71. The number of urea groups is 1. The molecule has 1 aliphatic rings. The van der Waals surface area contributed by atoms with Crippen LogP contribution in [0.3, 0.4) is 0 Å². The number of benzene rings is 1. The van der Waals surface area contributed by atoms with E-state index in [-0.39, 0.29) is 6.03 Å². The standard InChI is InChI=1S/C16H21ClN2O/c1-2-15-5-3-4-12-19(15)16(20)18-11-10-13-6-8-14(17)9-7-13/h6-11,15H,2-5,12H2,1H3,(H,18,20)/b11-10+. The Morgan fingerprint density at radius 3 is 2.85 bits per heavy atom. The summed E-state index contributed by atoms with van der Waals surface area (Å²) < 4.78 is 0. The smallest absolute Gasteiger partial charge is 0.321 e. The predicted molar refractivity (Wildman–Crippen MR) is 83.7 cm³/mol. The lowest BCUT2D eigenvalue weighted by Crippen LogP contribution is -2.47. The molecule has 0 bridgehead atoms. The molecule has 4 heteroatoms. The number of carbonyl (C=O) groups excluding carboxylic acids is 1. The Morgan fingerprint density at radius 2 is 2.15 bits per heavy atom. The first-order chi connectivity index (χ1) is 9.70. The highest BCUT2D eigenvalue weighted by molar-refractivity contribution is 6.30. The Hall–Kier alpha value is -1.48. The lowest BCUT2D eigenvalue weighted by molar-refractivity contribution is 0.152. The molecule has 0 aromatic heterocycles. The summed E-state index contributed by atoms with van der Waals surface area (Å²) in [5.74, 6) is 0. The first-order valence-corrected chi connectivity index (χ1v) is 7.57. The van der Waals surface area contributed by atoms with Gasteiger partial charge in [0.1, 0.15) is 0 Å². The van der Waals surface area contributed by atoms with Crippen molar-refractivity contribution >= 4 is 23.7 Å². The first-order valence-electron chi connectivity index (χ1n) is 7.20. The van der Waals surface area contributed by atoms with E-state index in [1.54, 1.807) is 6.20 Å². The van der Waals surface area contributed by atoms with Crippen molar-refractivity contribution in [2.75, 3.05) is 6.54 Å². The van der Waals surface area contributed by atoms with Crippen LogP contribution >= 0.6 is 11.6 Å². The van der Waals surface area contributed by atoms with E-state index in [1.807, 2.05) is 35.2 Å². The van der Waals surface area contributed by atoms with Gasteiger partial charge in [0.15, 0.2) is 0 Å². The molecule has 1 heterocycles. The molecule has 0 aliphatic carbocycles. The molecule has 1 aromatic carbocycles. The van der Waals surface area contributed by atoms with Gasteiger partial charge < -0.3 is 10.2 Å². The van der Waals surface area contributed by atoms with Crippen LogP contribution in [0.2, 0.25) is 5.02 Å². The summed E-state index contributed by atoms with van der Waals surface area (Å²) in [7, 11) is 0. The first kappa shape index (κ1) is 14.9. The highest BCUT2D eigenvalue weighted by Crippen LogP contribution is 2.19. The summed E-state index contributed by atoms with van der Waals surface area (Å²) in [5.41, 5.74) is 1.01. The maximum absolute atomic E-state index is 12.2. The molecule has 20 heavy (non-hydrogen) atoms. The Bertz CT molecular complexity index is 470. The van der Waals surface area contributed by atoms with Gasteiger partial charge in [-0.05, 0) is 49.5 Å². The number of nitrogens with zero attached hydrogens (tertiary/aromatic N) is 1. The fraction of sp³-hybridized carbons (Fsp3) is 0.438. The van der Waals surface area contributed by atoms with Crippen LogP contribution in [0, 0.1) is 0 Å². The van der Waals surface area contributed by atoms with Crippen LogP contribution in [0.25, 0.3) is 6.08 Å². The van der Waals surface area contributed by atoms with Crippen LogP contribution in [0.15, 0.2) is 30.5 Å². The van der Waals surface area contributed by atoms with Crippen molar-refractivity contribution in [2.24, 2.45) is 0 Å². The number of hydrogen-bond acceptors (Lipinski definition) is 1. The van der Waals surface area contributed by atoms with Gasteiger partial charge in [0.25, 0.3) is 0 Å². The van der Waals surface area contributed by atoms with Crippen molar-refractivity contribution in [3.63, 3.8) is 0 Å². The summed E-state index contributed by atoms with van der Waals surface area (Å²) >= 11 is 5.83. The van der Waals surface area contributed by atoms with E-state index in [0.717, 1.165) is 31.4 Å². The van der Waals surface area contributed by atoms with Crippen LogP contribution < -0.4 is 5.32 Å². The summed E-state index contributed by atoms with van der Waals surface area (Å²) in [6, 6.07) is 7.89. The molecule has 2 rings (SSSR count). The molecule has 0 spiro atoms. The highest BCUT2D eigenvalue weighted by Gasteiger charge is 2.24. The third-order valence-corrected chi connectivity index (χ3v) is 3.96. The van der Waals surface area contributed by atoms with E-state index in [2.05, 4.69) is 12.2 Å². The number of halogens is 1. The topological polar surface area (TPSA) is 32.3 Å². The number of carbonyl (C=O) groups is 1. The molecule has 1 aliphatic heterocycles. The quantitative estimate of drug-likeness (QED) is 0.886. The van der Waals surface area contributed by atoms with Crippen LogP contribution in [0.1, 0.15) is 38.2 Å². The highest BCUT2D eigenvalue weighted by atomic mass is 35.5. The number of hydrogen-bond donors (Lipinski definition) is 1. The van der Waals surface area contributed by atoms with Gasteiger partial charge in [0.05, 0.1) is 0 Å². The average molecular weight is 293 g/mol. The second-order valence-electron chi connectivity index (χ2n) is 5.09. The van der Waals surface area contributed by atoms with Crippen molar-refractivity contribution in [1.82, 2.24) is 10.2 Å². The lowest BCUT2D eigenvalue weighted by Gasteiger charge is -2.34. The van der Waals surface area contributed by atoms with Crippen LogP contribution in [-0.4, -0.2) is 23.5 Å². The Morgan fingerprint density at radius 1 is 1.40 bits per heavy atom. The lowest BCUT2D eigenvalue weighted by atomic mass is 10.0. The molecule has 0 radical (unpaired) electrons. The van der Waals surface area contributed by atoms with E-state index < -0.39 is 0 Å². The number of amides is 2. The van der Waals surface area contributed by atoms with Crippen LogP contribution in [0.5, 0.6) is 0 Å². The van der Waals surface area contributed by atoms with Crippen molar-refractivity contribution in [3.8, 4) is 0 Å². The van der Waals surface area contributed by atoms with Gasteiger partial charge in [-0.2, -0.15) is 0 Å². The van der Waals surface area contributed by atoms with Gasteiger partial charge in [0, 0.05) is 23.8 Å². The molecule has 2 amide bonds. The summed E-state index contributed by atoms with van der Waals surface area (Å²) in [4.78, 5) is 14.1. The van der Waals surface area contributed by atoms with Crippen molar-refractivity contribution in [3.05, 3.63) is 41.1 Å². The SMILES string of the molecule is CCC1CCCCN1C(=O)N/C=C/c1ccc(Cl)cc1. The normalized spacial score (nSPS) is 19.3. The van der Waals surface area contributed by atoms with Gasteiger partial charge in [-0.1, -0.05) is 30.7 Å². The third kappa shape index (κ3) is 4.01. The molecule has 1 atom stereocenters. The van der Waals surface area contributed by atoms with Crippen molar-refractivity contribution in [1.29, 1.82) is 0 Å². The minimum absolute atomic E-state index is 0.00163. The van der Waals surface area contributed by atoms with Gasteiger partial charge in [-0.3, -0.25) is 0 Å². The largest absolute Gasteiger partial charge is 0.322 e. The van der Waals surface area contributed by atoms with Crippen molar-refractivity contribution in [2.45, 2.75) is 38.6 Å². The molecule has 0 saturated carbocycles. The summed E-state index contributed by atoms with van der Waals surface area (Å²) in [6.45, 7) is 3.00. The molecule has 3 nitrogen and oxygen atoms in total. The summed E-state index contributed by atoms with van der Waals surface area (Å²) in [5, 5.41) is 3.57. The summed E-state index contributed by atoms with van der Waals surface area (Å²) in [6.07, 6.45) is 8.04. The number of rotatable bonds is 3. The zero-order valence-electron chi connectivity index (χ0n) is 11.8. The monoisotopic (exact) mass is 292 g/mol. The minimum Gasteiger partial charge on any atom is -0.322 e. The zero-order valence-corrected chi connectivity index (χ0v) is 12.6. The molecular formula is C16H21ClN2O. The van der Waals surface area contributed by atoms with E-state index in [9.17, 15) is 4.79 Å². The predicted octanol–water partition coefficient (Wildman–Crippen LogP) is 4.28. The molecule has 1 N–H and O–H groups in total. The van der Waals surface area contributed by atoms with Gasteiger partial charge in [-0.15, -0.1) is 0 Å². The van der Waals surface area contributed by atoms with E-state index in [4.69, 9.17) is 11.6 Å². The zero-order chi connectivity index (χ0) is 14.4. The van der Waals surface area contributed by atoms with Gasteiger partial charge in [-0.25, -0.2) is 4.79 Å². The minimum atomic E-state index is 0.00163. The Balaban J connectivity index is 1.89. The number of piperidine rings is 1. The molecular weight excluding hydrogens is 272 g/mol. The fourth-order valence-corrected chi connectivity index (χ4v) is 2.68. The second kappa shape index (κ2) is 7.34. The molecule has 1 aromatic rings. The van der Waals surface area contributed by atoms with E-state index in [1.165, 1.54) is 6.42 Å².